The lowest BCUT2D eigenvalue weighted by Crippen LogP contribution is -2.56. The van der Waals surface area contributed by atoms with Crippen LogP contribution in [0.5, 0.6) is 5.75 Å². The summed E-state index contributed by atoms with van der Waals surface area (Å²) in [6, 6.07) is 6.64. The molecule has 28 heavy (non-hydrogen) atoms. The number of hydrogen-bond acceptors (Lipinski definition) is 4. The molecule has 1 N–H and O–H groups in total. The van der Waals surface area contributed by atoms with Crippen molar-refractivity contribution in [2.75, 3.05) is 19.6 Å². The number of ether oxygens (including phenoxy) is 1. The summed E-state index contributed by atoms with van der Waals surface area (Å²) < 4.78 is 6.16. The van der Waals surface area contributed by atoms with E-state index >= 15 is 0 Å². The van der Waals surface area contributed by atoms with Crippen LogP contribution in [0.1, 0.15) is 55.8 Å². The lowest BCUT2D eigenvalue weighted by molar-refractivity contribution is -0.145. The van der Waals surface area contributed by atoms with Crippen molar-refractivity contribution in [2.45, 2.75) is 57.2 Å². The molecular weight excluding hydrogens is 358 g/mol. The highest BCUT2D eigenvalue weighted by molar-refractivity contribution is 5.98. The van der Waals surface area contributed by atoms with Crippen molar-refractivity contribution in [3.8, 4) is 5.75 Å². The number of rotatable bonds is 2. The fourth-order valence-corrected chi connectivity index (χ4v) is 4.41. The van der Waals surface area contributed by atoms with Crippen LogP contribution in [0, 0.1) is 0 Å². The Morgan fingerprint density at radius 1 is 1.11 bits per heavy atom. The lowest BCUT2D eigenvalue weighted by Gasteiger charge is -2.38. The summed E-state index contributed by atoms with van der Waals surface area (Å²) in [7, 11) is 0. The van der Waals surface area contributed by atoms with Gasteiger partial charge in [-0.05, 0) is 38.3 Å². The minimum absolute atomic E-state index is 0.0166. The molecule has 7 heteroatoms. The highest BCUT2D eigenvalue weighted by Gasteiger charge is 2.44. The number of para-hydroxylation sites is 1. The topological polar surface area (TPSA) is 79.0 Å². The van der Waals surface area contributed by atoms with Crippen molar-refractivity contribution in [1.29, 1.82) is 0 Å². The second-order valence-electron chi connectivity index (χ2n) is 7.95. The summed E-state index contributed by atoms with van der Waals surface area (Å²) in [5, 5.41) is 2.97. The normalized spacial score (nSPS) is 26.2. The van der Waals surface area contributed by atoms with Gasteiger partial charge in [-0.15, -0.1) is 0 Å². The number of hydrogen-bond donors (Lipinski definition) is 1. The summed E-state index contributed by atoms with van der Waals surface area (Å²) in [6.07, 6.45) is 4.29. The van der Waals surface area contributed by atoms with Crippen LogP contribution in [0.2, 0.25) is 0 Å². The molecule has 0 saturated carbocycles. The smallest absolute Gasteiger partial charge is 0.258 e. The van der Waals surface area contributed by atoms with Crippen LogP contribution < -0.4 is 10.1 Å². The maximum absolute atomic E-state index is 12.9. The van der Waals surface area contributed by atoms with E-state index in [4.69, 9.17) is 4.74 Å². The zero-order chi connectivity index (χ0) is 19.7. The third-order valence-electron chi connectivity index (χ3n) is 6.09. The van der Waals surface area contributed by atoms with E-state index in [0.717, 1.165) is 32.4 Å². The molecule has 150 valence electrons. The van der Waals surface area contributed by atoms with Crippen molar-refractivity contribution in [3.63, 3.8) is 0 Å². The van der Waals surface area contributed by atoms with Crippen molar-refractivity contribution in [2.24, 2.45) is 0 Å². The van der Waals surface area contributed by atoms with E-state index in [9.17, 15) is 14.4 Å². The quantitative estimate of drug-likeness (QED) is 0.844. The van der Waals surface area contributed by atoms with Crippen molar-refractivity contribution >= 4 is 17.7 Å². The molecule has 3 heterocycles. The van der Waals surface area contributed by atoms with Gasteiger partial charge in [0.05, 0.1) is 5.56 Å². The van der Waals surface area contributed by atoms with Gasteiger partial charge >= 0.3 is 0 Å². The van der Waals surface area contributed by atoms with E-state index in [1.54, 1.807) is 23.1 Å². The molecule has 2 atom stereocenters. The molecule has 4 rings (SSSR count). The second-order valence-corrected chi connectivity index (χ2v) is 7.95. The molecule has 1 spiro atoms. The molecule has 1 aromatic carbocycles. The number of nitrogens with one attached hydrogen (secondary N) is 1. The maximum Gasteiger partial charge on any atom is 0.258 e. The van der Waals surface area contributed by atoms with Gasteiger partial charge in [0.2, 0.25) is 11.8 Å². The Labute approximate surface area is 165 Å². The van der Waals surface area contributed by atoms with Gasteiger partial charge in [0.25, 0.3) is 5.91 Å². The van der Waals surface area contributed by atoms with Gasteiger partial charge in [0, 0.05) is 38.9 Å². The molecule has 2 fully saturated rings. The molecule has 1 aromatic rings. The highest BCUT2D eigenvalue weighted by Crippen LogP contribution is 2.34. The molecule has 0 aliphatic carbocycles. The number of carbonyl (C=O) groups excluding carboxylic acids is 3. The summed E-state index contributed by atoms with van der Waals surface area (Å²) in [5.41, 5.74) is -0.391. The van der Waals surface area contributed by atoms with E-state index < -0.39 is 11.8 Å². The van der Waals surface area contributed by atoms with Gasteiger partial charge in [-0.1, -0.05) is 12.1 Å². The number of amides is 3. The van der Waals surface area contributed by atoms with Crippen LogP contribution >= 0.6 is 0 Å². The van der Waals surface area contributed by atoms with E-state index in [1.807, 2.05) is 17.9 Å². The standard InChI is InChI=1S/C21H27N3O4/c1-15(20(27)23-12-5-2-6-13-23)24-14-11-21(10-9-18(24)25)22-19(26)16-7-3-4-8-17(16)28-21/h3-4,7-8,15H,2,5-6,9-14H2,1H3,(H,22,26). The Morgan fingerprint density at radius 3 is 2.64 bits per heavy atom. The first-order valence-electron chi connectivity index (χ1n) is 10.2. The Hall–Kier alpha value is -2.57. The molecule has 3 amide bonds. The monoisotopic (exact) mass is 385 g/mol. The Kier molecular flexibility index (Phi) is 5.00. The molecule has 0 aromatic heterocycles. The minimum Gasteiger partial charge on any atom is -0.467 e. The van der Waals surface area contributed by atoms with Gasteiger partial charge in [-0.2, -0.15) is 0 Å². The number of piperidine rings is 1. The zero-order valence-corrected chi connectivity index (χ0v) is 16.3. The average molecular weight is 385 g/mol. The van der Waals surface area contributed by atoms with Crippen LogP contribution in [-0.2, 0) is 9.59 Å². The molecule has 2 saturated heterocycles. The summed E-state index contributed by atoms with van der Waals surface area (Å²) in [6.45, 7) is 3.72. The molecule has 0 radical (unpaired) electrons. The van der Waals surface area contributed by atoms with Crippen LogP contribution in [0.3, 0.4) is 0 Å². The predicted molar refractivity (Wildman–Crippen MR) is 103 cm³/mol. The van der Waals surface area contributed by atoms with Crippen molar-refractivity contribution in [1.82, 2.24) is 15.1 Å². The minimum atomic E-state index is -0.899. The molecule has 0 bridgehead atoms. The largest absolute Gasteiger partial charge is 0.467 e. The first-order chi connectivity index (χ1) is 13.5. The van der Waals surface area contributed by atoms with E-state index in [1.165, 1.54) is 0 Å². The third-order valence-corrected chi connectivity index (χ3v) is 6.09. The van der Waals surface area contributed by atoms with Gasteiger partial charge in [0.15, 0.2) is 5.72 Å². The van der Waals surface area contributed by atoms with Gasteiger partial charge in [-0.3, -0.25) is 14.4 Å². The second kappa shape index (κ2) is 7.45. The van der Waals surface area contributed by atoms with Gasteiger partial charge in [-0.25, -0.2) is 0 Å². The molecular formula is C21H27N3O4. The first kappa shape index (κ1) is 18.8. The number of fused-ring (bicyclic) bond motifs is 1. The van der Waals surface area contributed by atoms with Gasteiger partial charge < -0.3 is 19.9 Å². The van der Waals surface area contributed by atoms with Crippen LogP contribution in [0.15, 0.2) is 24.3 Å². The molecule has 3 aliphatic rings. The SMILES string of the molecule is CC(C(=O)N1CCCCC1)N1CCC2(CCC1=O)NC(=O)c1ccccc1O2. The zero-order valence-electron chi connectivity index (χ0n) is 16.3. The molecule has 7 nitrogen and oxygen atoms in total. The number of carbonyl (C=O) groups is 3. The average Bonchev–Trinajstić information content (AvgIpc) is 2.87. The van der Waals surface area contributed by atoms with E-state index in [0.29, 0.717) is 30.7 Å². The van der Waals surface area contributed by atoms with Crippen molar-refractivity contribution in [3.05, 3.63) is 29.8 Å². The third kappa shape index (κ3) is 3.45. The summed E-state index contributed by atoms with van der Waals surface area (Å²) >= 11 is 0. The predicted octanol–water partition coefficient (Wildman–Crippen LogP) is 1.92. The molecule has 2 unspecified atom stereocenters. The number of benzene rings is 1. The fraction of sp³-hybridized carbons (Fsp3) is 0.571. The number of likely N-dealkylation sites (tertiary alicyclic amines) is 2. The fourth-order valence-electron chi connectivity index (χ4n) is 4.41. The summed E-state index contributed by atoms with van der Waals surface area (Å²) in [5.74, 6) is 0.319. The lowest BCUT2D eigenvalue weighted by atomic mass is 10.0. The van der Waals surface area contributed by atoms with E-state index in [2.05, 4.69) is 5.32 Å². The van der Waals surface area contributed by atoms with Crippen LogP contribution in [0.4, 0.5) is 0 Å². The highest BCUT2D eigenvalue weighted by atomic mass is 16.5. The van der Waals surface area contributed by atoms with Gasteiger partial charge in [0.1, 0.15) is 11.8 Å². The number of nitrogens with zero attached hydrogens (tertiary/aromatic N) is 2. The Morgan fingerprint density at radius 2 is 1.86 bits per heavy atom. The maximum atomic E-state index is 12.9. The van der Waals surface area contributed by atoms with E-state index in [-0.39, 0.29) is 24.1 Å². The van der Waals surface area contributed by atoms with Crippen LogP contribution in [0.25, 0.3) is 0 Å². The Bertz CT molecular complexity index is 790. The summed E-state index contributed by atoms with van der Waals surface area (Å²) in [4.78, 5) is 41.7. The first-order valence-corrected chi connectivity index (χ1v) is 10.2. The van der Waals surface area contributed by atoms with Crippen molar-refractivity contribution < 1.29 is 19.1 Å². The molecule has 3 aliphatic heterocycles. The Balaban J connectivity index is 1.49. The van der Waals surface area contributed by atoms with Crippen LogP contribution in [-0.4, -0.2) is 58.9 Å².